The van der Waals surface area contributed by atoms with Crippen molar-refractivity contribution in [2.75, 3.05) is 20.2 Å². The molecule has 1 fully saturated rings. The van der Waals surface area contributed by atoms with Crippen molar-refractivity contribution in [1.82, 2.24) is 4.90 Å². The van der Waals surface area contributed by atoms with Gasteiger partial charge in [0.1, 0.15) is 11.8 Å². The molecular weight excluding hydrogens is 254 g/mol. The molecule has 4 nitrogen and oxygen atoms in total. The minimum absolute atomic E-state index is 0.309. The van der Waals surface area contributed by atoms with Crippen LogP contribution in [0.15, 0.2) is 24.3 Å². The van der Waals surface area contributed by atoms with Crippen molar-refractivity contribution in [3.8, 4) is 5.75 Å². The Balaban J connectivity index is 1.94. The van der Waals surface area contributed by atoms with Crippen molar-refractivity contribution in [2.24, 2.45) is 0 Å². The molecule has 1 aliphatic heterocycles. The second-order valence-corrected chi connectivity index (χ2v) is 5.34. The summed E-state index contributed by atoms with van der Waals surface area (Å²) in [6.45, 7) is 1.70. The van der Waals surface area contributed by atoms with Crippen LogP contribution in [0.5, 0.6) is 5.75 Å². The normalized spacial score (nSPS) is 20.4. The van der Waals surface area contributed by atoms with Crippen LogP contribution in [-0.4, -0.2) is 42.2 Å². The van der Waals surface area contributed by atoms with E-state index in [1.54, 1.807) is 7.11 Å². The zero-order chi connectivity index (χ0) is 14.4. The van der Waals surface area contributed by atoms with E-state index in [0.717, 1.165) is 50.9 Å². The van der Waals surface area contributed by atoms with E-state index in [4.69, 9.17) is 4.74 Å². The summed E-state index contributed by atoms with van der Waals surface area (Å²) >= 11 is 0. The lowest BCUT2D eigenvalue weighted by Gasteiger charge is -2.26. The van der Waals surface area contributed by atoms with E-state index in [-0.39, 0.29) is 6.04 Å². The van der Waals surface area contributed by atoms with Gasteiger partial charge in [-0.2, -0.15) is 0 Å². The van der Waals surface area contributed by atoms with Gasteiger partial charge in [-0.3, -0.25) is 9.69 Å². The van der Waals surface area contributed by atoms with E-state index in [1.807, 2.05) is 24.3 Å². The number of aliphatic carboxylic acids is 1. The number of rotatable bonds is 5. The van der Waals surface area contributed by atoms with Crippen LogP contribution >= 0.6 is 0 Å². The first kappa shape index (κ1) is 14.9. The molecule has 0 saturated carbocycles. The Morgan fingerprint density at radius 2 is 2.05 bits per heavy atom. The maximum Gasteiger partial charge on any atom is 0.320 e. The molecule has 1 atom stereocenters. The molecule has 0 aliphatic carbocycles. The van der Waals surface area contributed by atoms with Gasteiger partial charge in [-0.15, -0.1) is 0 Å². The first-order valence-corrected chi connectivity index (χ1v) is 7.30. The Labute approximate surface area is 120 Å². The number of benzene rings is 1. The van der Waals surface area contributed by atoms with E-state index in [1.165, 1.54) is 5.56 Å². The number of nitrogens with zero attached hydrogens (tertiary/aromatic N) is 1. The number of carbonyl (C=O) groups is 1. The lowest BCUT2D eigenvalue weighted by atomic mass is 10.1. The number of methoxy groups -OCH3 is 1. The average Bonchev–Trinajstić information content (AvgIpc) is 2.71. The summed E-state index contributed by atoms with van der Waals surface area (Å²) in [5.41, 5.74) is 1.22. The highest BCUT2D eigenvalue weighted by molar-refractivity contribution is 5.73. The minimum atomic E-state index is -0.679. The van der Waals surface area contributed by atoms with Gasteiger partial charge in [0.15, 0.2) is 0 Å². The Morgan fingerprint density at radius 1 is 1.30 bits per heavy atom. The van der Waals surface area contributed by atoms with Crippen LogP contribution in [0, 0.1) is 0 Å². The summed E-state index contributed by atoms with van der Waals surface area (Å²) in [6.07, 6.45) is 4.93. The highest BCUT2D eigenvalue weighted by Gasteiger charge is 2.26. The molecule has 0 radical (unpaired) electrons. The Kier molecular flexibility index (Phi) is 5.41. The van der Waals surface area contributed by atoms with Crippen molar-refractivity contribution in [2.45, 2.75) is 38.1 Å². The number of hydrogen-bond acceptors (Lipinski definition) is 3. The standard InChI is InChI=1S/C16H23NO3/c1-20-14-8-6-13(7-9-14)10-12-17-11-4-2-3-5-15(17)16(18)19/h6-9,15H,2-5,10-12H2,1H3,(H,18,19). The van der Waals surface area contributed by atoms with Gasteiger partial charge in [-0.1, -0.05) is 25.0 Å². The van der Waals surface area contributed by atoms with Gasteiger partial charge in [0.25, 0.3) is 0 Å². The zero-order valence-corrected chi connectivity index (χ0v) is 12.0. The lowest BCUT2D eigenvalue weighted by Crippen LogP contribution is -2.41. The van der Waals surface area contributed by atoms with Crippen molar-refractivity contribution >= 4 is 5.97 Å². The minimum Gasteiger partial charge on any atom is -0.497 e. The molecule has 0 bridgehead atoms. The molecule has 1 saturated heterocycles. The third-order valence-corrected chi connectivity index (χ3v) is 4.00. The molecule has 1 unspecified atom stereocenters. The van der Waals surface area contributed by atoms with E-state index < -0.39 is 5.97 Å². The number of carboxylic acid groups (broad SMARTS) is 1. The molecule has 1 aliphatic rings. The predicted octanol–water partition coefficient (Wildman–Crippen LogP) is 2.57. The first-order valence-electron chi connectivity index (χ1n) is 7.30. The van der Waals surface area contributed by atoms with Gasteiger partial charge in [0.2, 0.25) is 0 Å². The van der Waals surface area contributed by atoms with Gasteiger partial charge in [0.05, 0.1) is 7.11 Å². The highest BCUT2D eigenvalue weighted by Crippen LogP contribution is 2.18. The largest absolute Gasteiger partial charge is 0.497 e. The number of likely N-dealkylation sites (tertiary alicyclic amines) is 1. The molecular formula is C16H23NO3. The van der Waals surface area contributed by atoms with Crippen molar-refractivity contribution < 1.29 is 14.6 Å². The van der Waals surface area contributed by atoms with Gasteiger partial charge in [-0.05, 0) is 43.5 Å². The SMILES string of the molecule is COc1ccc(CCN2CCCCCC2C(=O)O)cc1. The fraction of sp³-hybridized carbons (Fsp3) is 0.562. The lowest BCUT2D eigenvalue weighted by molar-refractivity contribution is -0.143. The monoisotopic (exact) mass is 277 g/mol. The summed E-state index contributed by atoms with van der Waals surface area (Å²) in [4.78, 5) is 13.5. The number of carboxylic acids is 1. The summed E-state index contributed by atoms with van der Waals surface area (Å²) < 4.78 is 5.14. The van der Waals surface area contributed by atoms with Crippen LogP contribution in [0.1, 0.15) is 31.2 Å². The molecule has 0 aromatic heterocycles. The molecule has 2 rings (SSSR count). The van der Waals surface area contributed by atoms with Crippen LogP contribution in [-0.2, 0) is 11.2 Å². The molecule has 1 aromatic carbocycles. The third kappa shape index (κ3) is 3.97. The van der Waals surface area contributed by atoms with Crippen molar-refractivity contribution in [3.63, 3.8) is 0 Å². The van der Waals surface area contributed by atoms with Crippen molar-refractivity contribution in [1.29, 1.82) is 0 Å². The molecule has 4 heteroatoms. The summed E-state index contributed by atoms with van der Waals surface area (Å²) in [5, 5.41) is 9.34. The molecule has 1 heterocycles. The molecule has 110 valence electrons. The van der Waals surface area contributed by atoms with E-state index >= 15 is 0 Å². The van der Waals surface area contributed by atoms with Gasteiger partial charge in [0, 0.05) is 6.54 Å². The molecule has 20 heavy (non-hydrogen) atoms. The zero-order valence-electron chi connectivity index (χ0n) is 12.0. The quantitative estimate of drug-likeness (QED) is 0.898. The first-order chi connectivity index (χ1) is 9.70. The average molecular weight is 277 g/mol. The maximum absolute atomic E-state index is 11.4. The molecule has 0 spiro atoms. The van der Waals surface area contributed by atoms with E-state index in [0.29, 0.717) is 0 Å². The van der Waals surface area contributed by atoms with Crippen molar-refractivity contribution in [3.05, 3.63) is 29.8 Å². The second-order valence-electron chi connectivity index (χ2n) is 5.34. The van der Waals surface area contributed by atoms with Crippen LogP contribution in [0.25, 0.3) is 0 Å². The van der Waals surface area contributed by atoms with Gasteiger partial charge in [-0.25, -0.2) is 0 Å². The second kappa shape index (κ2) is 7.29. The highest BCUT2D eigenvalue weighted by atomic mass is 16.5. The number of hydrogen-bond donors (Lipinski definition) is 1. The Hall–Kier alpha value is -1.55. The van der Waals surface area contributed by atoms with E-state index in [2.05, 4.69) is 4.90 Å². The number of ether oxygens (including phenoxy) is 1. The van der Waals surface area contributed by atoms with E-state index in [9.17, 15) is 9.90 Å². The van der Waals surface area contributed by atoms with Gasteiger partial charge >= 0.3 is 5.97 Å². The Bertz CT molecular complexity index is 430. The smallest absolute Gasteiger partial charge is 0.320 e. The fourth-order valence-electron chi connectivity index (χ4n) is 2.78. The topological polar surface area (TPSA) is 49.8 Å². The molecule has 0 amide bonds. The van der Waals surface area contributed by atoms with Crippen LogP contribution in [0.2, 0.25) is 0 Å². The van der Waals surface area contributed by atoms with Crippen LogP contribution in [0.3, 0.4) is 0 Å². The third-order valence-electron chi connectivity index (χ3n) is 4.00. The summed E-state index contributed by atoms with van der Waals surface area (Å²) in [7, 11) is 1.66. The summed E-state index contributed by atoms with van der Waals surface area (Å²) in [6, 6.07) is 7.69. The fourth-order valence-corrected chi connectivity index (χ4v) is 2.78. The van der Waals surface area contributed by atoms with Gasteiger partial charge < -0.3 is 9.84 Å². The molecule has 1 N–H and O–H groups in total. The molecule has 1 aromatic rings. The maximum atomic E-state index is 11.4. The summed E-state index contributed by atoms with van der Waals surface area (Å²) in [5.74, 6) is 0.175. The predicted molar refractivity (Wildman–Crippen MR) is 78.2 cm³/mol. The van der Waals surface area contributed by atoms with Crippen LogP contribution < -0.4 is 4.74 Å². The van der Waals surface area contributed by atoms with Crippen LogP contribution in [0.4, 0.5) is 0 Å². The Morgan fingerprint density at radius 3 is 2.70 bits per heavy atom.